The molecule has 10 nitrogen and oxygen atoms in total. The third kappa shape index (κ3) is 4.01. The van der Waals surface area contributed by atoms with Crippen molar-refractivity contribution >= 4 is 51.1 Å². The van der Waals surface area contributed by atoms with Gasteiger partial charge in [-0.05, 0) is 18.6 Å². The van der Waals surface area contributed by atoms with Crippen LogP contribution in [0.3, 0.4) is 0 Å². The van der Waals surface area contributed by atoms with Gasteiger partial charge in [0.2, 0.25) is 0 Å². The molecule has 0 aliphatic heterocycles. The predicted molar refractivity (Wildman–Crippen MR) is 107 cm³/mol. The summed E-state index contributed by atoms with van der Waals surface area (Å²) in [5, 5.41) is 9.73. The van der Waals surface area contributed by atoms with E-state index in [9.17, 15) is 19.2 Å². The van der Waals surface area contributed by atoms with Gasteiger partial charge >= 0.3 is 17.9 Å². The van der Waals surface area contributed by atoms with Crippen molar-refractivity contribution in [3.63, 3.8) is 0 Å². The van der Waals surface area contributed by atoms with E-state index >= 15 is 0 Å². The first-order valence-corrected chi connectivity index (χ1v) is 9.39. The van der Waals surface area contributed by atoms with Crippen molar-refractivity contribution in [2.24, 2.45) is 0 Å². The fraction of sp³-hybridized carbons (Fsp3) is 0.211. The van der Waals surface area contributed by atoms with Gasteiger partial charge < -0.3 is 19.5 Å². The fourth-order valence-electron chi connectivity index (χ4n) is 2.72. The maximum atomic E-state index is 12.3. The van der Waals surface area contributed by atoms with E-state index in [-0.39, 0.29) is 21.1 Å². The minimum atomic E-state index is -0.784. The number of hydrogen-bond acceptors (Lipinski definition) is 9. The lowest BCUT2D eigenvalue weighted by Gasteiger charge is -2.06. The maximum absolute atomic E-state index is 12.3. The van der Waals surface area contributed by atoms with Crippen molar-refractivity contribution in [1.82, 2.24) is 10.2 Å². The molecule has 0 saturated heterocycles. The van der Waals surface area contributed by atoms with Gasteiger partial charge in [-0.2, -0.15) is 5.10 Å². The highest BCUT2D eigenvalue weighted by molar-refractivity contribution is 7.18. The highest BCUT2D eigenvalue weighted by Crippen LogP contribution is 2.34. The van der Waals surface area contributed by atoms with Crippen LogP contribution in [0.2, 0.25) is 0 Å². The van der Waals surface area contributed by atoms with E-state index in [1.54, 1.807) is 24.3 Å². The molecule has 0 radical (unpaired) electrons. The van der Waals surface area contributed by atoms with Crippen LogP contribution < -0.4 is 5.32 Å². The molecule has 0 aliphatic rings. The SMILES string of the molecule is COC(=O)c1sc(NC(=O)COC(=O)c2n[nH]c3ccccc23)c(C(=O)OC)c1C. The van der Waals surface area contributed by atoms with Crippen LogP contribution in [0.4, 0.5) is 5.00 Å². The number of hydrogen-bond donors (Lipinski definition) is 2. The quantitative estimate of drug-likeness (QED) is 0.448. The molecule has 11 heteroatoms. The van der Waals surface area contributed by atoms with Crippen LogP contribution in [0.5, 0.6) is 0 Å². The van der Waals surface area contributed by atoms with E-state index in [4.69, 9.17) is 9.47 Å². The molecular formula is C19H17N3O7S. The number of nitrogens with one attached hydrogen (secondary N) is 2. The summed E-state index contributed by atoms with van der Waals surface area (Å²) in [7, 11) is 2.38. The Morgan fingerprint density at radius 1 is 1.07 bits per heavy atom. The van der Waals surface area contributed by atoms with Crippen LogP contribution >= 0.6 is 11.3 Å². The molecule has 30 heavy (non-hydrogen) atoms. The van der Waals surface area contributed by atoms with Crippen molar-refractivity contribution in [2.45, 2.75) is 6.92 Å². The van der Waals surface area contributed by atoms with Crippen molar-refractivity contribution in [3.8, 4) is 0 Å². The second kappa shape index (κ2) is 8.74. The van der Waals surface area contributed by atoms with Crippen LogP contribution in [0, 0.1) is 6.92 Å². The van der Waals surface area contributed by atoms with Crippen molar-refractivity contribution in [3.05, 3.63) is 46.0 Å². The molecule has 0 aliphatic carbocycles. The molecule has 156 valence electrons. The number of nitrogens with zero attached hydrogens (tertiary/aromatic N) is 1. The minimum absolute atomic E-state index is 0.0286. The third-order valence-electron chi connectivity index (χ3n) is 4.16. The lowest BCUT2D eigenvalue weighted by atomic mass is 10.1. The number of H-pyrrole nitrogens is 1. The Balaban J connectivity index is 1.73. The number of aromatic nitrogens is 2. The zero-order valence-corrected chi connectivity index (χ0v) is 17.0. The zero-order chi connectivity index (χ0) is 21.8. The number of esters is 3. The summed E-state index contributed by atoms with van der Waals surface area (Å²) >= 11 is 0.860. The highest BCUT2D eigenvalue weighted by atomic mass is 32.1. The van der Waals surface area contributed by atoms with E-state index in [1.165, 1.54) is 21.1 Å². The first kappa shape index (κ1) is 21.0. The average molecular weight is 431 g/mol. The summed E-state index contributed by atoms with van der Waals surface area (Å²) in [5.41, 5.74) is 1.05. The van der Waals surface area contributed by atoms with E-state index in [0.717, 1.165) is 11.3 Å². The van der Waals surface area contributed by atoms with Gasteiger partial charge in [0, 0.05) is 5.39 Å². The summed E-state index contributed by atoms with van der Waals surface area (Å²) < 4.78 is 14.4. The molecule has 0 unspecified atom stereocenters. The first-order valence-electron chi connectivity index (χ1n) is 8.57. The number of carbonyl (C=O) groups excluding carboxylic acids is 4. The van der Waals surface area contributed by atoms with Gasteiger partial charge in [0.25, 0.3) is 5.91 Å². The van der Waals surface area contributed by atoms with Gasteiger partial charge in [0.1, 0.15) is 9.88 Å². The Morgan fingerprint density at radius 3 is 2.47 bits per heavy atom. The van der Waals surface area contributed by atoms with E-state index < -0.39 is 30.4 Å². The molecular weight excluding hydrogens is 414 g/mol. The highest BCUT2D eigenvalue weighted by Gasteiger charge is 2.27. The summed E-state index contributed by atoms with van der Waals surface area (Å²) in [5.74, 6) is -2.87. The first-order chi connectivity index (χ1) is 14.4. The van der Waals surface area contributed by atoms with E-state index in [1.807, 2.05) is 0 Å². The largest absolute Gasteiger partial charge is 0.465 e. The molecule has 0 spiro atoms. The smallest absolute Gasteiger partial charge is 0.359 e. The number of aromatic amines is 1. The monoisotopic (exact) mass is 431 g/mol. The molecule has 0 saturated carbocycles. The van der Waals surface area contributed by atoms with Crippen molar-refractivity contribution in [1.29, 1.82) is 0 Å². The second-order valence-electron chi connectivity index (χ2n) is 5.99. The summed E-state index contributed by atoms with van der Waals surface area (Å²) in [6.07, 6.45) is 0. The van der Waals surface area contributed by atoms with Gasteiger partial charge in [0.05, 0.1) is 25.3 Å². The number of carbonyl (C=O) groups is 4. The average Bonchev–Trinajstić information content (AvgIpc) is 3.32. The number of fused-ring (bicyclic) bond motifs is 1. The summed E-state index contributed by atoms with van der Waals surface area (Å²) in [4.78, 5) is 48.7. The van der Waals surface area contributed by atoms with Crippen molar-refractivity contribution in [2.75, 3.05) is 26.1 Å². The number of benzene rings is 1. The number of para-hydroxylation sites is 1. The van der Waals surface area contributed by atoms with Gasteiger partial charge in [0.15, 0.2) is 12.3 Å². The molecule has 1 aromatic carbocycles. The van der Waals surface area contributed by atoms with Crippen LogP contribution in [0.1, 0.15) is 36.1 Å². The maximum Gasteiger partial charge on any atom is 0.359 e. The molecule has 3 rings (SSSR count). The summed E-state index contributed by atoms with van der Waals surface area (Å²) in [6.45, 7) is 0.915. The van der Waals surface area contributed by atoms with Gasteiger partial charge in [-0.1, -0.05) is 18.2 Å². The Hall–Kier alpha value is -3.73. The number of thiophene rings is 1. The molecule has 0 atom stereocenters. The third-order valence-corrected chi connectivity index (χ3v) is 5.35. The molecule has 2 heterocycles. The van der Waals surface area contributed by atoms with Crippen LogP contribution in [0.25, 0.3) is 10.9 Å². The van der Waals surface area contributed by atoms with Crippen LogP contribution in [-0.2, 0) is 19.0 Å². The number of amides is 1. The number of methoxy groups -OCH3 is 2. The topological polar surface area (TPSA) is 137 Å². The number of rotatable bonds is 6. The molecule has 3 aromatic rings. The zero-order valence-electron chi connectivity index (χ0n) is 16.2. The van der Waals surface area contributed by atoms with Crippen LogP contribution in [-0.4, -0.2) is 54.8 Å². The Labute approximate surface area is 174 Å². The summed E-state index contributed by atoms with van der Waals surface area (Å²) in [6, 6.07) is 6.97. The van der Waals surface area contributed by atoms with E-state index in [0.29, 0.717) is 16.5 Å². The lowest BCUT2D eigenvalue weighted by molar-refractivity contribution is -0.119. The lowest BCUT2D eigenvalue weighted by Crippen LogP contribution is -2.22. The number of ether oxygens (including phenoxy) is 3. The van der Waals surface area contributed by atoms with E-state index in [2.05, 4.69) is 20.3 Å². The number of anilines is 1. The molecule has 0 fully saturated rings. The van der Waals surface area contributed by atoms with Gasteiger partial charge in [-0.3, -0.25) is 9.89 Å². The minimum Gasteiger partial charge on any atom is -0.465 e. The fourth-order valence-corrected chi connectivity index (χ4v) is 3.85. The van der Waals surface area contributed by atoms with Crippen molar-refractivity contribution < 1.29 is 33.4 Å². The normalized spacial score (nSPS) is 10.5. The standard InChI is InChI=1S/C19H17N3O7S/c1-9-13(17(24)27-2)16(30-15(9)19(26)28-3)20-12(23)8-29-18(25)14-10-6-4-5-7-11(10)21-22-14/h4-7H,8H2,1-3H3,(H,20,23)(H,21,22). The molecule has 1 amide bonds. The van der Waals surface area contributed by atoms with Crippen LogP contribution in [0.15, 0.2) is 24.3 Å². The Morgan fingerprint density at radius 2 is 1.77 bits per heavy atom. The molecule has 2 N–H and O–H groups in total. The predicted octanol–water partition coefficient (Wildman–Crippen LogP) is 2.30. The molecule has 0 bridgehead atoms. The Kier molecular flexibility index (Phi) is 6.11. The van der Waals surface area contributed by atoms with Gasteiger partial charge in [-0.15, -0.1) is 11.3 Å². The Bertz CT molecular complexity index is 1150. The van der Waals surface area contributed by atoms with Gasteiger partial charge in [-0.25, -0.2) is 14.4 Å². The second-order valence-corrected chi connectivity index (χ2v) is 7.01. The molecule has 2 aromatic heterocycles.